The van der Waals surface area contributed by atoms with E-state index < -0.39 is 0 Å². The highest BCUT2D eigenvalue weighted by molar-refractivity contribution is 5.76. The zero-order valence-electron chi connectivity index (χ0n) is 14.1. The Morgan fingerprint density at radius 1 is 1.08 bits per heavy atom. The van der Waals surface area contributed by atoms with Crippen molar-refractivity contribution in [3.63, 3.8) is 0 Å². The van der Waals surface area contributed by atoms with Gasteiger partial charge in [0.1, 0.15) is 6.07 Å². The van der Waals surface area contributed by atoms with Gasteiger partial charge in [-0.1, -0.05) is 30.3 Å². The van der Waals surface area contributed by atoms with E-state index in [1.807, 2.05) is 28.0 Å². The van der Waals surface area contributed by atoms with E-state index >= 15 is 0 Å². The van der Waals surface area contributed by atoms with E-state index in [0.717, 1.165) is 12.8 Å². The molecule has 6 heteroatoms. The Morgan fingerprint density at radius 3 is 2.52 bits per heavy atom. The maximum Gasteiger partial charge on any atom is 0.222 e. The van der Waals surface area contributed by atoms with Crippen LogP contribution in [0.2, 0.25) is 0 Å². The molecule has 0 unspecified atom stereocenters. The van der Waals surface area contributed by atoms with Gasteiger partial charge in [-0.3, -0.25) is 4.79 Å². The van der Waals surface area contributed by atoms with Gasteiger partial charge in [0.25, 0.3) is 0 Å². The predicted molar refractivity (Wildman–Crippen MR) is 94.9 cm³/mol. The molecule has 1 aromatic heterocycles. The van der Waals surface area contributed by atoms with Crippen molar-refractivity contribution in [1.82, 2.24) is 14.9 Å². The summed E-state index contributed by atoms with van der Waals surface area (Å²) in [7, 11) is 0. The molecule has 1 saturated heterocycles. The number of carbonyl (C=O) groups is 1. The topological polar surface area (TPSA) is 73.1 Å². The standard InChI is InChI=1S/C19H21N5O/c20-15-17-19(22-10-9-21-17)24-13-11-23(12-14-24)18(25)8-4-7-16-5-2-1-3-6-16/h1-3,5-6,9-10H,4,7-8,11-14H2. The van der Waals surface area contributed by atoms with Crippen molar-refractivity contribution in [1.29, 1.82) is 5.26 Å². The minimum atomic E-state index is 0.204. The first kappa shape index (κ1) is 16.9. The molecule has 1 fully saturated rings. The van der Waals surface area contributed by atoms with Crippen LogP contribution in [0.3, 0.4) is 0 Å². The molecule has 1 aromatic carbocycles. The third-order valence-corrected chi connectivity index (χ3v) is 4.42. The number of nitriles is 1. The Hall–Kier alpha value is -2.94. The van der Waals surface area contributed by atoms with E-state index in [1.165, 1.54) is 11.8 Å². The summed E-state index contributed by atoms with van der Waals surface area (Å²) in [6.07, 6.45) is 5.48. The van der Waals surface area contributed by atoms with Gasteiger partial charge in [0.2, 0.25) is 5.91 Å². The van der Waals surface area contributed by atoms with Crippen LogP contribution in [0.1, 0.15) is 24.1 Å². The van der Waals surface area contributed by atoms with E-state index in [9.17, 15) is 4.79 Å². The minimum Gasteiger partial charge on any atom is -0.351 e. The van der Waals surface area contributed by atoms with Gasteiger partial charge in [-0.2, -0.15) is 5.26 Å². The highest BCUT2D eigenvalue weighted by atomic mass is 16.2. The molecule has 1 amide bonds. The lowest BCUT2D eigenvalue weighted by atomic mass is 10.1. The quantitative estimate of drug-likeness (QED) is 0.836. The van der Waals surface area contributed by atoms with Crippen LogP contribution in [0.15, 0.2) is 42.7 Å². The Balaban J connectivity index is 1.47. The molecule has 0 bridgehead atoms. The van der Waals surface area contributed by atoms with Crippen molar-refractivity contribution >= 4 is 11.7 Å². The molecule has 1 aliphatic rings. The molecule has 0 atom stereocenters. The SMILES string of the molecule is N#Cc1nccnc1N1CCN(C(=O)CCCc2ccccc2)CC1. The number of hydrogen-bond acceptors (Lipinski definition) is 5. The van der Waals surface area contributed by atoms with E-state index in [0.29, 0.717) is 44.1 Å². The Bertz CT molecular complexity index is 748. The summed E-state index contributed by atoms with van der Waals surface area (Å²) in [5, 5.41) is 9.14. The monoisotopic (exact) mass is 335 g/mol. The van der Waals surface area contributed by atoms with Crippen LogP contribution in [0.5, 0.6) is 0 Å². The van der Waals surface area contributed by atoms with E-state index in [2.05, 4.69) is 28.2 Å². The van der Waals surface area contributed by atoms with Gasteiger partial charge in [-0.05, 0) is 18.4 Å². The molecule has 1 aliphatic heterocycles. The number of piperazine rings is 1. The smallest absolute Gasteiger partial charge is 0.222 e. The van der Waals surface area contributed by atoms with Gasteiger partial charge in [0, 0.05) is 45.0 Å². The number of hydrogen-bond donors (Lipinski definition) is 0. The van der Waals surface area contributed by atoms with Crippen molar-refractivity contribution in [3.05, 3.63) is 54.0 Å². The molecule has 0 N–H and O–H groups in total. The van der Waals surface area contributed by atoms with Crippen LogP contribution in [0.25, 0.3) is 0 Å². The summed E-state index contributed by atoms with van der Waals surface area (Å²) < 4.78 is 0. The van der Waals surface area contributed by atoms with E-state index in [1.54, 1.807) is 6.20 Å². The Morgan fingerprint density at radius 2 is 1.80 bits per heavy atom. The summed E-state index contributed by atoms with van der Waals surface area (Å²) in [5.41, 5.74) is 1.61. The molecule has 0 spiro atoms. The Labute approximate surface area is 147 Å². The molecule has 2 aromatic rings. The average Bonchev–Trinajstić information content (AvgIpc) is 2.69. The van der Waals surface area contributed by atoms with Gasteiger partial charge in [0.05, 0.1) is 0 Å². The first-order valence-electron chi connectivity index (χ1n) is 8.55. The number of aromatic nitrogens is 2. The van der Waals surface area contributed by atoms with Gasteiger partial charge in [0.15, 0.2) is 11.5 Å². The number of anilines is 1. The summed E-state index contributed by atoms with van der Waals surface area (Å²) >= 11 is 0. The first-order valence-corrected chi connectivity index (χ1v) is 8.55. The fourth-order valence-electron chi connectivity index (χ4n) is 3.06. The lowest BCUT2D eigenvalue weighted by Gasteiger charge is -2.35. The summed E-state index contributed by atoms with van der Waals surface area (Å²) in [4.78, 5) is 24.6. The number of carbonyl (C=O) groups excluding carboxylic acids is 1. The normalized spacial score (nSPS) is 14.2. The molecular weight excluding hydrogens is 314 g/mol. The lowest BCUT2D eigenvalue weighted by molar-refractivity contribution is -0.131. The van der Waals surface area contributed by atoms with Crippen LogP contribution in [-0.2, 0) is 11.2 Å². The van der Waals surface area contributed by atoms with Crippen LogP contribution in [0, 0.1) is 11.3 Å². The maximum atomic E-state index is 12.4. The summed E-state index contributed by atoms with van der Waals surface area (Å²) in [5.74, 6) is 0.816. The van der Waals surface area contributed by atoms with Crippen molar-refractivity contribution in [3.8, 4) is 6.07 Å². The van der Waals surface area contributed by atoms with Gasteiger partial charge >= 0.3 is 0 Å². The zero-order valence-corrected chi connectivity index (χ0v) is 14.1. The molecule has 2 heterocycles. The predicted octanol–water partition coefficient (Wildman–Crippen LogP) is 2.02. The molecule has 128 valence electrons. The fraction of sp³-hybridized carbons (Fsp3) is 0.368. The molecule has 0 radical (unpaired) electrons. The largest absolute Gasteiger partial charge is 0.351 e. The van der Waals surface area contributed by atoms with Gasteiger partial charge in [-0.15, -0.1) is 0 Å². The molecule has 3 rings (SSSR count). The van der Waals surface area contributed by atoms with Gasteiger partial charge in [-0.25, -0.2) is 9.97 Å². The van der Waals surface area contributed by atoms with Crippen LogP contribution in [-0.4, -0.2) is 47.0 Å². The van der Waals surface area contributed by atoms with E-state index in [4.69, 9.17) is 5.26 Å². The molecule has 0 saturated carbocycles. The van der Waals surface area contributed by atoms with Crippen molar-refractivity contribution < 1.29 is 4.79 Å². The van der Waals surface area contributed by atoms with Crippen LogP contribution in [0.4, 0.5) is 5.82 Å². The van der Waals surface area contributed by atoms with Crippen molar-refractivity contribution in [2.45, 2.75) is 19.3 Å². The lowest BCUT2D eigenvalue weighted by Crippen LogP contribution is -2.49. The van der Waals surface area contributed by atoms with Crippen LogP contribution < -0.4 is 4.90 Å². The molecule has 0 aliphatic carbocycles. The highest BCUT2D eigenvalue weighted by Crippen LogP contribution is 2.17. The van der Waals surface area contributed by atoms with E-state index in [-0.39, 0.29) is 5.91 Å². The summed E-state index contributed by atoms with van der Waals surface area (Å²) in [6.45, 7) is 2.67. The average molecular weight is 335 g/mol. The number of rotatable bonds is 5. The second-order valence-corrected chi connectivity index (χ2v) is 6.05. The van der Waals surface area contributed by atoms with Gasteiger partial charge < -0.3 is 9.80 Å². The second kappa shape index (κ2) is 8.25. The number of aryl methyl sites for hydroxylation is 1. The Kier molecular flexibility index (Phi) is 5.57. The highest BCUT2D eigenvalue weighted by Gasteiger charge is 2.23. The molecule has 25 heavy (non-hydrogen) atoms. The van der Waals surface area contributed by atoms with Crippen molar-refractivity contribution in [2.24, 2.45) is 0 Å². The maximum absolute atomic E-state index is 12.4. The first-order chi connectivity index (χ1) is 12.3. The minimum absolute atomic E-state index is 0.204. The molecule has 6 nitrogen and oxygen atoms in total. The second-order valence-electron chi connectivity index (χ2n) is 6.05. The fourth-order valence-corrected chi connectivity index (χ4v) is 3.06. The number of amides is 1. The number of benzene rings is 1. The number of nitrogens with zero attached hydrogens (tertiary/aromatic N) is 5. The third kappa shape index (κ3) is 4.32. The van der Waals surface area contributed by atoms with Crippen LogP contribution >= 0.6 is 0 Å². The molecular formula is C19H21N5O. The van der Waals surface area contributed by atoms with Crippen molar-refractivity contribution in [2.75, 3.05) is 31.1 Å². The summed E-state index contributed by atoms with van der Waals surface area (Å²) in [6, 6.07) is 12.3. The third-order valence-electron chi connectivity index (χ3n) is 4.42. The zero-order chi connectivity index (χ0) is 17.5.